The lowest BCUT2D eigenvalue weighted by Crippen LogP contribution is -2.48. The summed E-state index contributed by atoms with van der Waals surface area (Å²) in [5, 5.41) is 3.17. The van der Waals surface area contributed by atoms with Crippen molar-refractivity contribution in [3.8, 4) is 0 Å². The second-order valence-electron chi connectivity index (χ2n) is 7.49. The van der Waals surface area contributed by atoms with Crippen molar-refractivity contribution in [2.24, 2.45) is 0 Å². The molecule has 1 saturated carbocycles. The van der Waals surface area contributed by atoms with Gasteiger partial charge in [-0.05, 0) is 30.9 Å². The number of carbonyl (C=O) groups is 2. The van der Waals surface area contributed by atoms with Crippen LogP contribution in [0.5, 0.6) is 0 Å². The second kappa shape index (κ2) is 11.0. The van der Waals surface area contributed by atoms with Gasteiger partial charge in [0.15, 0.2) is 0 Å². The maximum absolute atomic E-state index is 13.3. The molecule has 5 nitrogen and oxygen atoms in total. The number of aromatic nitrogens is 1. The van der Waals surface area contributed by atoms with E-state index in [1.54, 1.807) is 23.4 Å². The number of carbonyl (C=O) groups excluding carboxylic acids is 2. The van der Waals surface area contributed by atoms with Gasteiger partial charge in [0.2, 0.25) is 11.8 Å². The van der Waals surface area contributed by atoms with Crippen LogP contribution >= 0.6 is 11.6 Å². The highest BCUT2D eigenvalue weighted by molar-refractivity contribution is 6.27. The number of hydrogen-bond acceptors (Lipinski definition) is 3. The van der Waals surface area contributed by atoms with Crippen molar-refractivity contribution < 1.29 is 9.59 Å². The molecule has 0 radical (unpaired) electrons. The molecule has 154 valence electrons. The number of pyridine rings is 1. The average Bonchev–Trinajstić information content (AvgIpc) is 2.78. The van der Waals surface area contributed by atoms with Gasteiger partial charge in [-0.2, -0.15) is 0 Å². The summed E-state index contributed by atoms with van der Waals surface area (Å²) in [6, 6.07) is 13.0. The summed E-state index contributed by atoms with van der Waals surface area (Å²) in [7, 11) is 0. The third kappa shape index (κ3) is 6.04. The minimum absolute atomic E-state index is 0.156. The molecule has 0 aliphatic heterocycles. The quantitative estimate of drug-likeness (QED) is 0.668. The van der Waals surface area contributed by atoms with E-state index >= 15 is 0 Å². The smallest absolute Gasteiger partial charge is 0.247 e. The lowest BCUT2D eigenvalue weighted by atomic mass is 9.94. The molecule has 1 aliphatic carbocycles. The van der Waals surface area contributed by atoms with Gasteiger partial charge in [-0.3, -0.25) is 14.6 Å². The Morgan fingerprint density at radius 3 is 2.52 bits per heavy atom. The summed E-state index contributed by atoms with van der Waals surface area (Å²) in [5.41, 5.74) is 1.81. The molecule has 1 atom stereocenters. The average molecular weight is 414 g/mol. The molecule has 2 amide bonds. The Bertz CT molecular complexity index is 779. The number of alkyl halides is 1. The van der Waals surface area contributed by atoms with E-state index in [9.17, 15) is 9.59 Å². The largest absolute Gasteiger partial charge is 0.351 e. The SMILES string of the molecule is O=C(NC1CCCCC1)C(c1cccnc1)N(CCc1ccccc1)C(=O)CCl. The Kier molecular flexibility index (Phi) is 8.05. The van der Waals surface area contributed by atoms with Crippen LogP contribution in [0.3, 0.4) is 0 Å². The van der Waals surface area contributed by atoms with E-state index < -0.39 is 6.04 Å². The van der Waals surface area contributed by atoms with Crippen molar-refractivity contribution in [1.29, 1.82) is 0 Å². The van der Waals surface area contributed by atoms with Crippen molar-refractivity contribution in [2.45, 2.75) is 50.6 Å². The molecule has 1 unspecified atom stereocenters. The predicted molar refractivity (Wildman–Crippen MR) is 115 cm³/mol. The molecule has 1 aliphatic rings. The Balaban J connectivity index is 1.83. The molecular formula is C23H28ClN3O2. The zero-order valence-corrected chi connectivity index (χ0v) is 17.4. The highest BCUT2D eigenvalue weighted by Gasteiger charge is 2.32. The van der Waals surface area contributed by atoms with Gasteiger partial charge in [0.05, 0.1) is 0 Å². The predicted octanol–water partition coefficient (Wildman–Crippen LogP) is 3.88. The van der Waals surface area contributed by atoms with Gasteiger partial charge in [-0.1, -0.05) is 55.7 Å². The molecule has 1 aromatic carbocycles. The maximum Gasteiger partial charge on any atom is 0.247 e. The van der Waals surface area contributed by atoms with Crippen LogP contribution in [0.4, 0.5) is 0 Å². The summed E-state index contributed by atoms with van der Waals surface area (Å²) < 4.78 is 0. The van der Waals surface area contributed by atoms with Gasteiger partial charge in [0, 0.05) is 30.5 Å². The van der Waals surface area contributed by atoms with Crippen LogP contribution in [-0.2, 0) is 16.0 Å². The van der Waals surface area contributed by atoms with E-state index in [1.807, 2.05) is 36.4 Å². The van der Waals surface area contributed by atoms with Gasteiger partial charge < -0.3 is 10.2 Å². The number of nitrogens with one attached hydrogen (secondary N) is 1. The first-order valence-corrected chi connectivity index (χ1v) is 10.8. The van der Waals surface area contributed by atoms with Gasteiger partial charge in [0.25, 0.3) is 0 Å². The molecular weight excluding hydrogens is 386 g/mol. The Hall–Kier alpha value is -2.40. The molecule has 1 aromatic heterocycles. The number of nitrogens with zero attached hydrogens (tertiary/aromatic N) is 2. The summed E-state index contributed by atoms with van der Waals surface area (Å²) >= 11 is 5.92. The maximum atomic E-state index is 13.3. The summed E-state index contributed by atoms with van der Waals surface area (Å²) in [6.45, 7) is 0.410. The first-order valence-electron chi connectivity index (χ1n) is 10.3. The molecule has 6 heteroatoms. The first-order chi connectivity index (χ1) is 14.2. The van der Waals surface area contributed by atoms with Gasteiger partial charge in [0.1, 0.15) is 11.9 Å². The van der Waals surface area contributed by atoms with Crippen molar-refractivity contribution in [2.75, 3.05) is 12.4 Å². The van der Waals surface area contributed by atoms with Crippen molar-refractivity contribution in [1.82, 2.24) is 15.2 Å². The molecule has 1 N–H and O–H groups in total. The van der Waals surface area contributed by atoms with E-state index in [1.165, 1.54) is 6.42 Å². The number of hydrogen-bond donors (Lipinski definition) is 1. The van der Waals surface area contributed by atoms with Crippen molar-refractivity contribution in [3.05, 3.63) is 66.0 Å². The van der Waals surface area contributed by atoms with Gasteiger partial charge >= 0.3 is 0 Å². The Morgan fingerprint density at radius 2 is 1.86 bits per heavy atom. The molecule has 1 heterocycles. The van der Waals surface area contributed by atoms with Crippen LogP contribution in [0, 0.1) is 0 Å². The fourth-order valence-electron chi connectivity index (χ4n) is 3.91. The highest BCUT2D eigenvalue weighted by atomic mass is 35.5. The van der Waals surface area contributed by atoms with E-state index in [2.05, 4.69) is 10.3 Å². The third-order valence-corrected chi connectivity index (χ3v) is 5.66. The standard InChI is InChI=1S/C23H28ClN3O2/c24-16-21(28)27(15-13-18-8-3-1-4-9-18)22(19-10-7-14-25-17-19)23(29)26-20-11-5-2-6-12-20/h1,3-4,7-10,14,17,20,22H,2,5-6,11-13,15-16H2,(H,26,29). The van der Waals surface area contributed by atoms with Crippen LogP contribution in [0.25, 0.3) is 0 Å². The zero-order valence-electron chi connectivity index (χ0n) is 16.6. The van der Waals surface area contributed by atoms with Gasteiger partial charge in [-0.15, -0.1) is 11.6 Å². The molecule has 1 fully saturated rings. The summed E-state index contributed by atoms with van der Waals surface area (Å²) in [4.78, 5) is 31.8. The van der Waals surface area contributed by atoms with Crippen molar-refractivity contribution in [3.63, 3.8) is 0 Å². The molecule has 29 heavy (non-hydrogen) atoms. The van der Waals surface area contributed by atoms with Crippen LogP contribution in [0.15, 0.2) is 54.9 Å². The van der Waals surface area contributed by atoms with E-state index in [4.69, 9.17) is 11.6 Å². The zero-order chi connectivity index (χ0) is 20.5. The van der Waals surface area contributed by atoms with E-state index in [-0.39, 0.29) is 23.7 Å². The van der Waals surface area contributed by atoms with Crippen LogP contribution < -0.4 is 5.32 Å². The topological polar surface area (TPSA) is 62.3 Å². The lowest BCUT2D eigenvalue weighted by molar-refractivity contribution is -0.139. The van der Waals surface area contributed by atoms with Crippen LogP contribution in [0.2, 0.25) is 0 Å². The molecule has 0 bridgehead atoms. The van der Waals surface area contributed by atoms with Gasteiger partial charge in [-0.25, -0.2) is 0 Å². The van der Waals surface area contributed by atoms with Crippen molar-refractivity contribution >= 4 is 23.4 Å². The minimum Gasteiger partial charge on any atom is -0.351 e. The number of benzene rings is 1. The van der Waals surface area contributed by atoms with Crippen LogP contribution in [-0.4, -0.2) is 40.2 Å². The Labute approximate surface area is 177 Å². The third-order valence-electron chi connectivity index (χ3n) is 5.43. The lowest BCUT2D eigenvalue weighted by Gasteiger charge is -2.33. The molecule has 0 saturated heterocycles. The summed E-state index contributed by atoms with van der Waals surface area (Å²) in [5.74, 6) is -0.575. The molecule has 0 spiro atoms. The fraction of sp³-hybridized carbons (Fsp3) is 0.435. The first kappa shape index (κ1) is 21.3. The number of amides is 2. The minimum atomic E-state index is -0.736. The van der Waals surface area contributed by atoms with E-state index in [0.717, 1.165) is 31.2 Å². The second-order valence-corrected chi connectivity index (χ2v) is 7.76. The highest BCUT2D eigenvalue weighted by Crippen LogP contribution is 2.24. The monoisotopic (exact) mass is 413 g/mol. The van der Waals surface area contributed by atoms with E-state index in [0.29, 0.717) is 18.5 Å². The Morgan fingerprint density at radius 1 is 1.10 bits per heavy atom. The fourth-order valence-corrected chi connectivity index (χ4v) is 4.06. The normalized spacial score (nSPS) is 15.5. The number of halogens is 1. The van der Waals surface area contributed by atoms with Crippen LogP contribution in [0.1, 0.15) is 49.3 Å². The molecule has 3 rings (SSSR count). The summed E-state index contributed by atoms with van der Waals surface area (Å²) in [6.07, 6.45) is 9.41. The number of rotatable bonds is 8. The molecule has 2 aromatic rings.